The average Bonchev–Trinajstić information content (AvgIpc) is 2.60. The smallest absolute Gasteiger partial charge is 0.335 e. The van der Waals surface area contributed by atoms with Gasteiger partial charge >= 0.3 is 5.97 Å². The Morgan fingerprint density at radius 1 is 1.33 bits per heavy atom. The van der Waals surface area contributed by atoms with Gasteiger partial charge in [0.05, 0.1) is 5.56 Å². The first-order chi connectivity index (χ1) is 11.5. The number of amides is 1. The van der Waals surface area contributed by atoms with E-state index in [9.17, 15) is 14.9 Å². The summed E-state index contributed by atoms with van der Waals surface area (Å²) in [4.78, 5) is 27.4. The van der Waals surface area contributed by atoms with Crippen molar-refractivity contribution in [2.75, 3.05) is 38.0 Å². The number of carboxylic acid groups (broad SMARTS) is 1. The van der Waals surface area contributed by atoms with Crippen LogP contribution in [0.1, 0.15) is 17.3 Å². The fourth-order valence-electron chi connectivity index (χ4n) is 2.46. The predicted octanol–water partition coefficient (Wildman–Crippen LogP) is 1.37. The zero-order valence-corrected chi connectivity index (χ0v) is 13.5. The zero-order chi connectivity index (χ0) is 17.5. The second-order valence-corrected chi connectivity index (χ2v) is 5.46. The maximum atomic E-state index is 12.2. The van der Waals surface area contributed by atoms with Crippen molar-refractivity contribution in [1.82, 2.24) is 9.80 Å². The van der Waals surface area contributed by atoms with Crippen LogP contribution >= 0.6 is 0 Å². The summed E-state index contributed by atoms with van der Waals surface area (Å²) in [6.07, 6.45) is 1.57. The number of anilines is 1. The number of nitriles is 1. The van der Waals surface area contributed by atoms with Crippen molar-refractivity contribution in [3.63, 3.8) is 0 Å². The number of carbonyl (C=O) groups is 2. The van der Waals surface area contributed by atoms with E-state index in [-0.39, 0.29) is 11.1 Å². The van der Waals surface area contributed by atoms with E-state index in [1.165, 1.54) is 12.1 Å². The van der Waals surface area contributed by atoms with Gasteiger partial charge in [0.15, 0.2) is 0 Å². The molecule has 24 heavy (non-hydrogen) atoms. The second-order valence-electron chi connectivity index (χ2n) is 5.46. The number of likely N-dealkylation sites (N-methyl/N-ethyl adjacent to an activating group) is 1. The Bertz CT molecular complexity index is 685. The molecule has 1 amide bonds. The van der Waals surface area contributed by atoms with Gasteiger partial charge in [-0.25, -0.2) is 4.79 Å². The van der Waals surface area contributed by atoms with E-state index in [1.54, 1.807) is 18.3 Å². The van der Waals surface area contributed by atoms with E-state index in [4.69, 9.17) is 5.11 Å². The number of aromatic carboxylic acids is 1. The first-order valence-corrected chi connectivity index (χ1v) is 7.76. The lowest BCUT2D eigenvalue weighted by Gasteiger charge is -2.33. The van der Waals surface area contributed by atoms with Gasteiger partial charge < -0.3 is 20.2 Å². The maximum Gasteiger partial charge on any atom is 0.335 e. The average molecular weight is 328 g/mol. The monoisotopic (exact) mass is 328 g/mol. The second kappa shape index (κ2) is 8.13. The molecular formula is C17H20N4O3. The molecule has 0 bridgehead atoms. The van der Waals surface area contributed by atoms with Gasteiger partial charge in [0.25, 0.3) is 5.91 Å². The lowest BCUT2D eigenvalue weighted by Crippen LogP contribution is -2.44. The zero-order valence-electron chi connectivity index (χ0n) is 13.5. The van der Waals surface area contributed by atoms with E-state index in [1.807, 2.05) is 11.0 Å². The first kappa shape index (κ1) is 17.5. The number of carboxylic acids is 1. The quantitative estimate of drug-likeness (QED) is 0.626. The third kappa shape index (κ3) is 4.57. The minimum atomic E-state index is -1.07. The summed E-state index contributed by atoms with van der Waals surface area (Å²) in [6, 6.07) is 7.83. The molecule has 1 aliphatic rings. The Labute approximate surface area is 140 Å². The minimum Gasteiger partial charge on any atom is -0.478 e. The summed E-state index contributed by atoms with van der Waals surface area (Å²) >= 11 is 0. The van der Waals surface area contributed by atoms with E-state index in [2.05, 4.69) is 17.1 Å². The van der Waals surface area contributed by atoms with Gasteiger partial charge in [0, 0.05) is 38.1 Å². The largest absolute Gasteiger partial charge is 0.478 e. The van der Waals surface area contributed by atoms with Crippen molar-refractivity contribution in [2.45, 2.75) is 6.92 Å². The van der Waals surface area contributed by atoms with Crippen LogP contribution in [-0.4, -0.2) is 59.5 Å². The Morgan fingerprint density at radius 3 is 2.62 bits per heavy atom. The number of piperazine rings is 1. The summed E-state index contributed by atoms with van der Waals surface area (Å²) in [5, 5.41) is 20.8. The van der Waals surface area contributed by atoms with Gasteiger partial charge in [-0.15, -0.1) is 0 Å². The molecule has 7 heteroatoms. The van der Waals surface area contributed by atoms with Crippen molar-refractivity contribution in [3.8, 4) is 6.07 Å². The summed E-state index contributed by atoms with van der Waals surface area (Å²) < 4.78 is 0. The van der Waals surface area contributed by atoms with Gasteiger partial charge in [-0.2, -0.15) is 5.26 Å². The summed E-state index contributed by atoms with van der Waals surface area (Å²) in [6.45, 7) is 6.41. The van der Waals surface area contributed by atoms with Crippen LogP contribution in [0.2, 0.25) is 0 Å². The molecule has 1 aromatic rings. The van der Waals surface area contributed by atoms with Crippen molar-refractivity contribution in [2.24, 2.45) is 0 Å². The Morgan fingerprint density at radius 2 is 2.04 bits per heavy atom. The highest BCUT2D eigenvalue weighted by molar-refractivity contribution is 6.06. The molecule has 126 valence electrons. The number of hydrogen-bond donors (Lipinski definition) is 2. The number of carbonyl (C=O) groups excluding carboxylic acids is 1. The maximum absolute atomic E-state index is 12.2. The molecule has 2 N–H and O–H groups in total. The van der Waals surface area contributed by atoms with Gasteiger partial charge in [-0.1, -0.05) is 13.0 Å². The Balaban J connectivity index is 2.04. The molecule has 1 saturated heterocycles. The van der Waals surface area contributed by atoms with Gasteiger partial charge in [0.2, 0.25) is 0 Å². The van der Waals surface area contributed by atoms with E-state index < -0.39 is 11.9 Å². The molecule has 0 unspecified atom stereocenters. The standard InChI is InChI=1S/C17H20N4O3/c1-2-20-6-8-21(9-7-20)12-14(11-18)16(22)19-15-5-3-4-13(10-15)17(23)24/h3-5,10,12H,2,6-9H2,1H3,(H,19,22)(H,23,24)/b14-12-. The van der Waals surface area contributed by atoms with Crippen LogP contribution < -0.4 is 5.32 Å². The normalized spacial score (nSPS) is 15.7. The molecule has 1 fully saturated rings. The molecule has 2 rings (SSSR count). The fourth-order valence-corrected chi connectivity index (χ4v) is 2.46. The molecule has 0 saturated carbocycles. The van der Waals surface area contributed by atoms with Crippen LogP contribution in [0.15, 0.2) is 36.0 Å². The molecule has 1 heterocycles. The number of nitrogens with one attached hydrogen (secondary N) is 1. The van der Waals surface area contributed by atoms with Crippen LogP contribution in [0.3, 0.4) is 0 Å². The van der Waals surface area contributed by atoms with Crippen LogP contribution in [0.25, 0.3) is 0 Å². The summed E-state index contributed by atoms with van der Waals surface area (Å²) in [7, 11) is 0. The Hall–Kier alpha value is -2.85. The molecule has 0 radical (unpaired) electrons. The van der Waals surface area contributed by atoms with Crippen LogP contribution in [-0.2, 0) is 4.79 Å². The number of rotatable bonds is 5. The van der Waals surface area contributed by atoms with Gasteiger partial charge in [-0.3, -0.25) is 4.79 Å². The van der Waals surface area contributed by atoms with E-state index >= 15 is 0 Å². The van der Waals surface area contributed by atoms with E-state index in [0.717, 1.165) is 32.7 Å². The van der Waals surface area contributed by atoms with Crippen LogP contribution in [0, 0.1) is 11.3 Å². The molecule has 0 atom stereocenters. The number of hydrogen-bond acceptors (Lipinski definition) is 5. The van der Waals surface area contributed by atoms with Crippen molar-refractivity contribution in [1.29, 1.82) is 5.26 Å². The number of benzene rings is 1. The third-order valence-corrected chi connectivity index (χ3v) is 3.90. The lowest BCUT2D eigenvalue weighted by molar-refractivity contribution is -0.112. The van der Waals surface area contributed by atoms with Crippen molar-refractivity contribution < 1.29 is 14.7 Å². The molecular weight excluding hydrogens is 308 g/mol. The van der Waals surface area contributed by atoms with Crippen LogP contribution in [0.4, 0.5) is 5.69 Å². The summed E-state index contributed by atoms with van der Waals surface area (Å²) in [5.41, 5.74) is 0.420. The highest BCUT2D eigenvalue weighted by Crippen LogP contribution is 2.12. The summed E-state index contributed by atoms with van der Waals surface area (Å²) in [5.74, 6) is -1.62. The predicted molar refractivity (Wildman–Crippen MR) is 89.4 cm³/mol. The van der Waals surface area contributed by atoms with Gasteiger partial charge in [-0.05, 0) is 24.7 Å². The lowest BCUT2D eigenvalue weighted by atomic mass is 10.2. The molecule has 0 aliphatic carbocycles. The molecule has 1 aliphatic heterocycles. The van der Waals surface area contributed by atoms with Crippen LogP contribution in [0.5, 0.6) is 0 Å². The molecule has 7 nitrogen and oxygen atoms in total. The van der Waals surface area contributed by atoms with E-state index in [0.29, 0.717) is 5.69 Å². The number of nitrogens with zero attached hydrogens (tertiary/aromatic N) is 3. The van der Waals surface area contributed by atoms with Crippen molar-refractivity contribution >= 4 is 17.6 Å². The highest BCUT2D eigenvalue weighted by atomic mass is 16.4. The third-order valence-electron chi connectivity index (χ3n) is 3.90. The van der Waals surface area contributed by atoms with Gasteiger partial charge in [0.1, 0.15) is 11.6 Å². The fraction of sp³-hybridized carbons (Fsp3) is 0.353. The molecule has 0 spiro atoms. The minimum absolute atomic E-state index is 0.000626. The Kier molecular flexibility index (Phi) is 5.93. The van der Waals surface area contributed by atoms with Crippen molar-refractivity contribution in [3.05, 3.63) is 41.6 Å². The molecule has 1 aromatic carbocycles. The topological polar surface area (TPSA) is 96.7 Å². The molecule has 0 aromatic heterocycles. The highest BCUT2D eigenvalue weighted by Gasteiger charge is 2.16. The SMILES string of the molecule is CCN1CCN(/C=C(/C#N)C(=O)Nc2cccc(C(=O)O)c2)CC1. The first-order valence-electron chi connectivity index (χ1n) is 7.76.